The number of carbonyl (C=O) groups excluding carboxylic acids is 1. The summed E-state index contributed by atoms with van der Waals surface area (Å²) in [5.41, 5.74) is 1.88. The number of aromatic amines is 1. The van der Waals surface area contributed by atoms with Crippen LogP contribution in [0, 0.1) is 0 Å². The molecule has 0 aliphatic carbocycles. The van der Waals surface area contributed by atoms with Crippen molar-refractivity contribution >= 4 is 28.6 Å². The van der Waals surface area contributed by atoms with Crippen molar-refractivity contribution in [1.29, 1.82) is 0 Å². The van der Waals surface area contributed by atoms with Gasteiger partial charge in [-0.05, 0) is 13.0 Å². The van der Waals surface area contributed by atoms with Crippen molar-refractivity contribution in [2.75, 3.05) is 14.1 Å². The van der Waals surface area contributed by atoms with Crippen LogP contribution in [0.4, 0.5) is 0 Å². The molecule has 0 aliphatic rings. The van der Waals surface area contributed by atoms with Gasteiger partial charge in [-0.15, -0.1) is 10.2 Å². The Balaban J connectivity index is 1.83. The van der Waals surface area contributed by atoms with Gasteiger partial charge in [0, 0.05) is 31.2 Å². The SMILES string of the molecule is CC(Sc1nnc(-c2c[nH]c3ccccc23)o1)C(=O)N(C)C. The molecule has 2 heterocycles. The first kappa shape index (κ1) is 14.6. The zero-order valence-corrected chi connectivity index (χ0v) is 13.3. The largest absolute Gasteiger partial charge is 0.411 e. The minimum Gasteiger partial charge on any atom is -0.411 e. The van der Waals surface area contributed by atoms with Crippen molar-refractivity contribution in [2.24, 2.45) is 0 Å². The molecule has 0 saturated carbocycles. The average Bonchev–Trinajstić information content (AvgIpc) is 3.12. The van der Waals surface area contributed by atoms with Gasteiger partial charge in [-0.1, -0.05) is 30.0 Å². The third kappa shape index (κ3) is 2.71. The highest BCUT2D eigenvalue weighted by molar-refractivity contribution is 8.00. The average molecular weight is 316 g/mol. The zero-order chi connectivity index (χ0) is 15.7. The van der Waals surface area contributed by atoms with Crippen LogP contribution < -0.4 is 0 Å². The summed E-state index contributed by atoms with van der Waals surface area (Å²) in [6.45, 7) is 1.82. The first-order valence-electron chi connectivity index (χ1n) is 6.84. The van der Waals surface area contributed by atoms with E-state index in [0.717, 1.165) is 16.5 Å². The Hall–Kier alpha value is -2.28. The van der Waals surface area contributed by atoms with Crippen LogP contribution in [0.3, 0.4) is 0 Å². The summed E-state index contributed by atoms with van der Waals surface area (Å²) < 4.78 is 5.69. The molecule has 1 amide bonds. The number of nitrogens with one attached hydrogen (secondary N) is 1. The fourth-order valence-electron chi connectivity index (χ4n) is 2.18. The lowest BCUT2D eigenvalue weighted by Crippen LogP contribution is -2.29. The summed E-state index contributed by atoms with van der Waals surface area (Å²) in [6, 6.07) is 7.91. The Labute approximate surface area is 131 Å². The molecule has 2 aromatic heterocycles. The van der Waals surface area contributed by atoms with Gasteiger partial charge in [-0.3, -0.25) is 4.79 Å². The van der Waals surface area contributed by atoms with Crippen molar-refractivity contribution in [3.05, 3.63) is 30.5 Å². The number of H-pyrrole nitrogens is 1. The van der Waals surface area contributed by atoms with Crippen LogP contribution in [0.2, 0.25) is 0 Å². The lowest BCUT2D eigenvalue weighted by atomic mass is 10.2. The van der Waals surface area contributed by atoms with Crippen LogP contribution >= 0.6 is 11.8 Å². The molecule has 1 aromatic carbocycles. The molecule has 1 unspecified atom stereocenters. The van der Waals surface area contributed by atoms with Gasteiger partial charge < -0.3 is 14.3 Å². The smallest absolute Gasteiger partial charge is 0.277 e. The van der Waals surface area contributed by atoms with Crippen molar-refractivity contribution in [1.82, 2.24) is 20.1 Å². The number of fused-ring (bicyclic) bond motifs is 1. The van der Waals surface area contributed by atoms with Gasteiger partial charge in [0.05, 0.1) is 10.8 Å². The molecular formula is C15H16N4O2S. The molecule has 7 heteroatoms. The van der Waals surface area contributed by atoms with Crippen molar-refractivity contribution in [3.8, 4) is 11.5 Å². The Morgan fingerprint density at radius 1 is 1.32 bits per heavy atom. The van der Waals surface area contributed by atoms with Gasteiger partial charge in [0.25, 0.3) is 11.1 Å². The normalized spacial score (nSPS) is 12.5. The van der Waals surface area contributed by atoms with Gasteiger partial charge in [-0.2, -0.15) is 0 Å². The molecule has 0 fully saturated rings. The first-order chi connectivity index (χ1) is 10.6. The van der Waals surface area contributed by atoms with E-state index < -0.39 is 0 Å². The number of rotatable bonds is 4. The fourth-order valence-corrected chi connectivity index (χ4v) is 3.01. The van der Waals surface area contributed by atoms with Crippen LogP contribution in [0.1, 0.15) is 6.92 Å². The second kappa shape index (κ2) is 5.84. The predicted octanol–water partition coefficient (Wildman–Crippen LogP) is 2.79. The van der Waals surface area contributed by atoms with Crippen molar-refractivity contribution in [3.63, 3.8) is 0 Å². The zero-order valence-electron chi connectivity index (χ0n) is 12.5. The highest BCUT2D eigenvalue weighted by atomic mass is 32.2. The molecule has 6 nitrogen and oxygen atoms in total. The predicted molar refractivity (Wildman–Crippen MR) is 85.6 cm³/mol. The van der Waals surface area contributed by atoms with E-state index in [1.54, 1.807) is 19.0 Å². The summed E-state index contributed by atoms with van der Waals surface area (Å²) in [7, 11) is 3.45. The maximum atomic E-state index is 11.9. The number of hydrogen-bond donors (Lipinski definition) is 1. The van der Waals surface area contributed by atoms with E-state index >= 15 is 0 Å². The minimum absolute atomic E-state index is 0.0110. The molecule has 114 valence electrons. The number of para-hydroxylation sites is 1. The fraction of sp³-hybridized carbons (Fsp3) is 0.267. The van der Waals surface area contributed by atoms with Gasteiger partial charge in [0.15, 0.2) is 0 Å². The van der Waals surface area contributed by atoms with E-state index in [0.29, 0.717) is 11.1 Å². The number of hydrogen-bond acceptors (Lipinski definition) is 5. The first-order valence-corrected chi connectivity index (χ1v) is 7.72. The third-order valence-corrected chi connectivity index (χ3v) is 4.21. The van der Waals surface area contributed by atoms with Crippen LogP contribution in [0.25, 0.3) is 22.4 Å². The second-order valence-electron chi connectivity index (χ2n) is 5.11. The molecular weight excluding hydrogens is 300 g/mol. The van der Waals surface area contributed by atoms with Crippen molar-refractivity contribution < 1.29 is 9.21 Å². The number of aromatic nitrogens is 3. The second-order valence-corrected chi connectivity index (χ2v) is 6.41. The standard InChI is InChI=1S/C15H16N4O2S/c1-9(14(20)19(2)3)22-15-18-17-13(21-15)11-8-16-12-7-5-4-6-10(11)12/h4-9,16H,1-3H3. The molecule has 0 saturated heterocycles. The van der Waals surface area contributed by atoms with Crippen LogP contribution in [-0.4, -0.2) is 45.3 Å². The number of carbonyl (C=O) groups is 1. The highest BCUT2D eigenvalue weighted by Gasteiger charge is 2.20. The van der Waals surface area contributed by atoms with Gasteiger partial charge >= 0.3 is 0 Å². The summed E-state index contributed by atoms with van der Waals surface area (Å²) in [5, 5.41) is 9.25. The minimum atomic E-state index is -0.272. The summed E-state index contributed by atoms with van der Waals surface area (Å²) in [6.07, 6.45) is 1.85. The van der Waals surface area contributed by atoms with Gasteiger partial charge in [0.1, 0.15) is 0 Å². The lowest BCUT2D eigenvalue weighted by Gasteiger charge is -2.14. The molecule has 3 rings (SSSR count). The Kier molecular flexibility index (Phi) is 3.89. The highest BCUT2D eigenvalue weighted by Crippen LogP contribution is 2.30. The molecule has 3 aromatic rings. The molecule has 0 spiro atoms. The summed E-state index contributed by atoms with van der Waals surface area (Å²) in [5.74, 6) is 0.460. The monoisotopic (exact) mass is 316 g/mol. The number of amides is 1. The molecule has 1 N–H and O–H groups in total. The lowest BCUT2D eigenvalue weighted by molar-refractivity contribution is -0.127. The summed E-state index contributed by atoms with van der Waals surface area (Å²) in [4.78, 5) is 16.6. The van der Waals surface area contributed by atoms with Crippen LogP contribution in [0.5, 0.6) is 0 Å². The maximum Gasteiger partial charge on any atom is 0.277 e. The molecule has 0 bridgehead atoms. The van der Waals surface area contributed by atoms with Crippen LogP contribution in [0.15, 0.2) is 40.1 Å². The van der Waals surface area contributed by atoms with E-state index in [-0.39, 0.29) is 11.2 Å². The number of nitrogens with zero attached hydrogens (tertiary/aromatic N) is 3. The van der Waals surface area contributed by atoms with Crippen molar-refractivity contribution in [2.45, 2.75) is 17.4 Å². The molecule has 0 aliphatic heterocycles. The van der Waals surface area contributed by atoms with E-state index in [1.165, 1.54) is 11.8 Å². The number of thioether (sulfide) groups is 1. The number of benzene rings is 1. The van der Waals surface area contributed by atoms with Gasteiger partial charge in [-0.25, -0.2) is 0 Å². The Morgan fingerprint density at radius 2 is 2.09 bits per heavy atom. The Morgan fingerprint density at radius 3 is 2.86 bits per heavy atom. The molecule has 0 radical (unpaired) electrons. The van der Waals surface area contributed by atoms with E-state index in [4.69, 9.17) is 4.42 Å². The van der Waals surface area contributed by atoms with E-state index in [9.17, 15) is 4.79 Å². The topological polar surface area (TPSA) is 75.0 Å². The van der Waals surface area contributed by atoms with Gasteiger partial charge in [0.2, 0.25) is 5.91 Å². The Bertz CT molecular complexity index is 809. The molecule has 22 heavy (non-hydrogen) atoms. The van der Waals surface area contributed by atoms with E-state index in [2.05, 4.69) is 15.2 Å². The van der Waals surface area contributed by atoms with Crippen LogP contribution in [-0.2, 0) is 4.79 Å². The maximum absolute atomic E-state index is 11.9. The van der Waals surface area contributed by atoms with E-state index in [1.807, 2.05) is 37.4 Å². The molecule has 1 atom stereocenters. The quantitative estimate of drug-likeness (QED) is 0.749. The summed E-state index contributed by atoms with van der Waals surface area (Å²) >= 11 is 1.26. The third-order valence-electron chi connectivity index (χ3n) is 3.29.